The molecule has 1 aromatic carbocycles. The van der Waals surface area contributed by atoms with E-state index in [4.69, 9.17) is 16.7 Å². The number of carbonyl (C=O) groups is 1. The summed E-state index contributed by atoms with van der Waals surface area (Å²) in [4.78, 5) is 14.7. The Morgan fingerprint density at radius 1 is 1.56 bits per heavy atom. The Hall–Kier alpha value is -0.800. The first kappa shape index (κ1) is 13.6. The van der Waals surface area contributed by atoms with Crippen LogP contribution in [0.25, 0.3) is 11.4 Å². The van der Waals surface area contributed by atoms with Crippen LogP contribution in [0.2, 0.25) is 5.02 Å². The molecule has 0 amide bonds. The van der Waals surface area contributed by atoms with E-state index < -0.39 is 5.97 Å². The summed E-state index contributed by atoms with van der Waals surface area (Å²) in [6.07, 6.45) is 0. The molecule has 0 spiro atoms. The second-order valence-electron chi connectivity index (χ2n) is 3.27. The van der Waals surface area contributed by atoms with Crippen molar-refractivity contribution in [2.24, 2.45) is 0 Å². The first-order chi connectivity index (χ1) is 8.56. The van der Waals surface area contributed by atoms with Gasteiger partial charge in [-0.25, -0.2) is 4.98 Å². The zero-order chi connectivity index (χ0) is 13.1. The average Bonchev–Trinajstić information content (AvgIpc) is 2.78. The summed E-state index contributed by atoms with van der Waals surface area (Å²) in [5.74, 6) is -0.386. The van der Waals surface area contributed by atoms with Crippen LogP contribution in [0.3, 0.4) is 0 Å². The summed E-state index contributed by atoms with van der Waals surface area (Å²) < 4.78 is 0.989. The molecule has 2 N–H and O–H groups in total. The van der Waals surface area contributed by atoms with Gasteiger partial charge in [0.25, 0.3) is 0 Å². The molecule has 0 saturated heterocycles. The molecular weight excluding hydrogens is 389 g/mol. The number of carboxylic acids is 1. The van der Waals surface area contributed by atoms with E-state index >= 15 is 0 Å². The van der Waals surface area contributed by atoms with E-state index in [1.165, 1.54) is 0 Å². The van der Waals surface area contributed by atoms with Crippen LogP contribution < -0.4 is 0 Å². The van der Waals surface area contributed by atoms with Crippen molar-refractivity contribution >= 4 is 51.9 Å². The predicted octanol–water partition coefficient (Wildman–Crippen LogP) is 2.91. The standard InChI is InChI=1S/C10H7ClIN3O2S/c11-5-1-2-7(12)6(3-5)9-13-10(15-14-9)18-4-8(16)17/h1-3H,4H2,(H,16,17)(H,13,14,15). The first-order valence-electron chi connectivity index (χ1n) is 4.78. The maximum Gasteiger partial charge on any atom is 0.313 e. The number of hydrogen-bond donors (Lipinski definition) is 2. The van der Waals surface area contributed by atoms with Gasteiger partial charge < -0.3 is 5.11 Å². The summed E-state index contributed by atoms with van der Waals surface area (Å²) in [5.41, 5.74) is 0.845. The predicted molar refractivity (Wildman–Crippen MR) is 77.9 cm³/mol. The molecule has 94 valence electrons. The number of nitrogens with one attached hydrogen (secondary N) is 1. The Labute approximate surface area is 125 Å². The quantitative estimate of drug-likeness (QED) is 0.615. The highest BCUT2D eigenvalue weighted by molar-refractivity contribution is 14.1. The Morgan fingerprint density at radius 2 is 2.33 bits per heavy atom. The molecule has 0 atom stereocenters. The molecule has 0 saturated carbocycles. The van der Waals surface area contributed by atoms with Gasteiger partial charge in [0.1, 0.15) is 0 Å². The fourth-order valence-corrected chi connectivity index (χ4v) is 2.52. The zero-order valence-electron chi connectivity index (χ0n) is 8.85. The molecule has 0 aliphatic carbocycles. The molecule has 0 bridgehead atoms. The van der Waals surface area contributed by atoms with Crippen molar-refractivity contribution in [3.05, 3.63) is 26.8 Å². The molecule has 8 heteroatoms. The number of aromatic amines is 1. The number of nitrogens with zero attached hydrogens (tertiary/aromatic N) is 2. The van der Waals surface area contributed by atoms with Crippen molar-refractivity contribution in [3.8, 4) is 11.4 Å². The van der Waals surface area contributed by atoms with Gasteiger partial charge in [-0.15, -0.1) is 5.10 Å². The number of hydrogen-bond acceptors (Lipinski definition) is 4. The molecule has 18 heavy (non-hydrogen) atoms. The lowest BCUT2D eigenvalue weighted by atomic mass is 10.2. The van der Waals surface area contributed by atoms with Gasteiger partial charge in [-0.2, -0.15) is 0 Å². The maximum atomic E-state index is 10.4. The van der Waals surface area contributed by atoms with Crippen molar-refractivity contribution in [1.82, 2.24) is 15.2 Å². The van der Waals surface area contributed by atoms with Crippen LogP contribution in [-0.2, 0) is 4.79 Å². The van der Waals surface area contributed by atoms with Crippen LogP contribution in [0.1, 0.15) is 0 Å². The minimum atomic E-state index is -0.899. The zero-order valence-corrected chi connectivity index (χ0v) is 12.6. The maximum absolute atomic E-state index is 10.4. The number of benzene rings is 1. The number of aliphatic carboxylic acids is 1. The van der Waals surface area contributed by atoms with Crippen molar-refractivity contribution in [2.75, 3.05) is 5.75 Å². The number of halogens is 2. The summed E-state index contributed by atoms with van der Waals surface area (Å²) in [5, 5.41) is 16.3. The van der Waals surface area contributed by atoms with Crippen LogP contribution in [0.5, 0.6) is 0 Å². The molecule has 1 heterocycles. The van der Waals surface area contributed by atoms with Crippen molar-refractivity contribution in [1.29, 1.82) is 0 Å². The van der Waals surface area contributed by atoms with E-state index in [2.05, 4.69) is 37.8 Å². The summed E-state index contributed by atoms with van der Waals surface area (Å²) in [7, 11) is 0. The second kappa shape index (κ2) is 5.89. The summed E-state index contributed by atoms with van der Waals surface area (Å²) in [6.45, 7) is 0. The number of carboxylic acid groups (broad SMARTS) is 1. The SMILES string of the molecule is O=C(O)CSc1n[nH]c(-c2cc(Cl)ccc2I)n1. The van der Waals surface area contributed by atoms with Crippen LogP contribution >= 0.6 is 46.0 Å². The molecule has 0 aliphatic heterocycles. The van der Waals surface area contributed by atoms with Crippen LogP contribution in [-0.4, -0.2) is 32.0 Å². The highest BCUT2D eigenvalue weighted by atomic mass is 127. The van der Waals surface area contributed by atoms with Gasteiger partial charge >= 0.3 is 5.97 Å². The Balaban J connectivity index is 2.23. The van der Waals surface area contributed by atoms with Gasteiger partial charge in [0.05, 0.1) is 5.75 Å². The Bertz CT molecular complexity index is 590. The van der Waals surface area contributed by atoms with Gasteiger partial charge in [0, 0.05) is 14.2 Å². The van der Waals surface area contributed by atoms with E-state index in [1.54, 1.807) is 12.1 Å². The lowest BCUT2D eigenvalue weighted by molar-refractivity contribution is -0.133. The van der Waals surface area contributed by atoms with Gasteiger partial charge in [0.15, 0.2) is 5.82 Å². The molecule has 0 aliphatic rings. The summed E-state index contributed by atoms with van der Waals surface area (Å²) in [6, 6.07) is 5.46. The Kier molecular flexibility index (Phi) is 4.46. The molecule has 2 aromatic rings. The third kappa shape index (κ3) is 3.36. The number of thioether (sulfide) groups is 1. The van der Waals surface area contributed by atoms with Crippen LogP contribution in [0.15, 0.2) is 23.4 Å². The highest BCUT2D eigenvalue weighted by Crippen LogP contribution is 2.26. The van der Waals surface area contributed by atoms with Gasteiger partial charge in [-0.3, -0.25) is 9.89 Å². The van der Waals surface area contributed by atoms with Crippen molar-refractivity contribution in [2.45, 2.75) is 5.16 Å². The topological polar surface area (TPSA) is 78.9 Å². The lowest BCUT2D eigenvalue weighted by Gasteiger charge is -2.00. The molecule has 0 unspecified atom stereocenters. The monoisotopic (exact) mass is 395 g/mol. The highest BCUT2D eigenvalue weighted by Gasteiger charge is 2.11. The van der Waals surface area contributed by atoms with Crippen LogP contribution in [0, 0.1) is 3.57 Å². The fourth-order valence-electron chi connectivity index (χ4n) is 1.24. The lowest BCUT2D eigenvalue weighted by Crippen LogP contribution is -1.97. The minimum Gasteiger partial charge on any atom is -0.481 e. The van der Waals surface area contributed by atoms with E-state index in [0.717, 1.165) is 20.9 Å². The number of H-pyrrole nitrogens is 1. The van der Waals surface area contributed by atoms with E-state index in [9.17, 15) is 4.79 Å². The largest absolute Gasteiger partial charge is 0.481 e. The minimum absolute atomic E-state index is 0.0655. The third-order valence-corrected chi connectivity index (χ3v) is 3.98. The molecule has 0 fully saturated rings. The van der Waals surface area contributed by atoms with Crippen molar-refractivity contribution in [3.63, 3.8) is 0 Å². The van der Waals surface area contributed by atoms with E-state index in [-0.39, 0.29) is 5.75 Å². The first-order valence-corrected chi connectivity index (χ1v) is 7.23. The summed E-state index contributed by atoms with van der Waals surface area (Å²) >= 11 is 9.17. The fraction of sp³-hybridized carbons (Fsp3) is 0.100. The smallest absolute Gasteiger partial charge is 0.313 e. The third-order valence-electron chi connectivity index (χ3n) is 1.97. The molecule has 5 nitrogen and oxygen atoms in total. The number of rotatable bonds is 4. The van der Waals surface area contributed by atoms with E-state index in [1.807, 2.05) is 6.07 Å². The molecule has 1 aromatic heterocycles. The number of aromatic nitrogens is 3. The Morgan fingerprint density at radius 3 is 3.06 bits per heavy atom. The van der Waals surface area contributed by atoms with Crippen LogP contribution in [0.4, 0.5) is 0 Å². The van der Waals surface area contributed by atoms with Crippen molar-refractivity contribution < 1.29 is 9.90 Å². The average molecular weight is 396 g/mol. The normalized spacial score (nSPS) is 10.6. The molecule has 2 rings (SSSR count). The second-order valence-corrected chi connectivity index (χ2v) is 5.81. The van der Waals surface area contributed by atoms with E-state index in [0.29, 0.717) is 16.0 Å². The van der Waals surface area contributed by atoms with Gasteiger partial charge in [0.2, 0.25) is 5.16 Å². The van der Waals surface area contributed by atoms with Gasteiger partial charge in [-0.1, -0.05) is 23.4 Å². The van der Waals surface area contributed by atoms with Gasteiger partial charge in [-0.05, 0) is 40.8 Å². The molecular formula is C10H7ClIN3O2S. The molecule has 0 radical (unpaired) electrons.